The van der Waals surface area contributed by atoms with E-state index < -0.39 is 0 Å². The molecule has 0 N–H and O–H groups in total. The summed E-state index contributed by atoms with van der Waals surface area (Å²) in [7, 11) is 0. The van der Waals surface area contributed by atoms with Gasteiger partial charge in [0.05, 0.1) is 6.61 Å². The third kappa shape index (κ3) is 8.51. The molecular formula is C14H26O2. The number of carbonyl (C=O) groups excluding carboxylic acids is 1. The minimum atomic E-state index is -0.146. The molecule has 0 aliphatic carbocycles. The smallest absolute Gasteiger partial charge is 0.333 e. The van der Waals surface area contributed by atoms with E-state index in [4.69, 9.17) is 4.74 Å². The molecule has 0 rings (SSSR count). The monoisotopic (exact) mass is 226 g/mol. The summed E-state index contributed by atoms with van der Waals surface area (Å²) in [4.78, 5) is 11.5. The topological polar surface area (TPSA) is 26.3 Å². The molecule has 0 aliphatic heterocycles. The van der Waals surface area contributed by atoms with E-state index in [-0.39, 0.29) is 5.97 Å². The molecule has 0 atom stereocenters. The Labute approximate surface area is 100 Å². The van der Waals surface area contributed by atoms with E-state index in [1.165, 1.54) is 12.8 Å². The molecule has 0 spiro atoms. The molecule has 0 saturated heterocycles. The zero-order valence-electron chi connectivity index (χ0n) is 11.1. The fourth-order valence-electron chi connectivity index (χ4n) is 1.41. The maximum absolute atomic E-state index is 11.5. The molecule has 0 unspecified atom stereocenters. The minimum absolute atomic E-state index is 0.146. The summed E-state index contributed by atoms with van der Waals surface area (Å²) in [6.07, 6.45) is 9.85. The van der Waals surface area contributed by atoms with Crippen molar-refractivity contribution in [2.75, 3.05) is 6.61 Å². The lowest BCUT2D eigenvalue weighted by atomic mass is 10.2. The normalized spacial score (nSPS) is 11.6. The highest BCUT2D eigenvalue weighted by molar-refractivity contribution is 5.87. The number of hydrogen-bond acceptors (Lipinski definition) is 2. The molecule has 2 nitrogen and oxygen atoms in total. The van der Waals surface area contributed by atoms with E-state index in [0.717, 1.165) is 37.7 Å². The molecule has 2 heteroatoms. The molecule has 0 aliphatic rings. The number of hydrogen-bond donors (Lipinski definition) is 0. The lowest BCUT2D eigenvalue weighted by Crippen LogP contribution is -2.07. The molecule has 0 heterocycles. The van der Waals surface area contributed by atoms with Crippen molar-refractivity contribution in [2.45, 2.75) is 65.7 Å². The Hall–Kier alpha value is -0.790. The molecular weight excluding hydrogens is 200 g/mol. The third-order valence-corrected chi connectivity index (χ3v) is 2.56. The Balaban J connectivity index is 3.58. The first kappa shape index (κ1) is 15.2. The van der Waals surface area contributed by atoms with E-state index in [0.29, 0.717) is 6.61 Å². The minimum Gasteiger partial charge on any atom is -0.462 e. The van der Waals surface area contributed by atoms with Crippen molar-refractivity contribution in [2.24, 2.45) is 0 Å². The molecule has 0 aromatic carbocycles. The molecule has 16 heavy (non-hydrogen) atoms. The van der Waals surface area contributed by atoms with Crippen LogP contribution in [0.1, 0.15) is 65.7 Å². The summed E-state index contributed by atoms with van der Waals surface area (Å²) < 4.78 is 5.17. The van der Waals surface area contributed by atoms with Gasteiger partial charge in [-0.15, -0.1) is 0 Å². The summed E-state index contributed by atoms with van der Waals surface area (Å²) in [6, 6.07) is 0. The fourth-order valence-corrected chi connectivity index (χ4v) is 1.41. The van der Waals surface area contributed by atoms with Gasteiger partial charge in [-0.1, -0.05) is 52.0 Å². The average molecular weight is 226 g/mol. The zero-order chi connectivity index (χ0) is 12.2. The van der Waals surface area contributed by atoms with Crippen LogP contribution in [0.5, 0.6) is 0 Å². The average Bonchev–Trinajstić information content (AvgIpc) is 2.28. The predicted octanol–water partition coefficient (Wildman–Crippen LogP) is 4.25. The van der Waals surface area contributed by atoms with Crippen LogP contribution >= 0.6 is 0 Å². The van der Waals surface area contributed by atoms with E-state index in [1.54, 1.807) is 0 Å². The summed E-state index contributed by atoms with van der Waals surface area (Å²) in [5.41, 5.74) is 0.754. The first-order valence-electron chi connectivity index (χ1n) is 6.56. The van der Waals surface area contributed by atoms with Crippen LogP contribution in [0.3, 0.4) is 0 Å². The van der Waals surface area contributed by atoms with Gasteiger partial charge in [0.1, 0.15) is 0 Å². The van der Waals surface area contributed by atoms with Crippen LogP contribution in [0, 0.1) is 0 Å². The Bertz CT molecular complexity index is 207. The van der Waals surface area contributed by atoms with Gasteiger partial charge in [0.25, 0.3) is 0 Å². The quantitative estimate of drug-likeness (QED) is 0.334. The number of esters is 1. The van der Waals surface area contributed by atoms with Crippen LogP contribution < -0.4 is 0 Å². The summed E-state index contributed by atoms with van der Waals surface area (Å²) >= 11 is 0. The first-order chi connectivity index (χ1) is 7.72. The van der Waals surface area contributed by atoms with Gasteiger partial charge in [-0.25, -0.2) is 4.79 Å². The van der Waals surface area contributed by atoms with E-state index >= 15 is 0 Å². The summed E-state index contributed by atoms with van der Waals surface area (Å²) in [5, 5.41) is 0. The number of ether oxygens (including phenoxy) is 1. The van der Waals surface area contributed by atoms with Crippen LogP contribution in [0.25, 0.3) is 0 Å². The van der Waals surface area contributed by atoms with Crippen LogP contribution in [0.4, 0.5) is 0 Å². The summed E-state index contributed by atoms with van der Waals surface area (Å²) in [6.45, 7) is 6.73. The Kier molecular flexibility index (Phi) is 10.2. The van der Waals surface area contributed by atoms with Gasteiger partial charge in [-0.05, 0) is 19.8 Å². The molecule has 0 aromatic heterocycles. The van der Waals surface area contributed by atoms with Crippen molar-refractivity contribution in [3.63, 3.8) is 0 Å². The number of rotatable bonds is 9. The van der Waals surface area contributed by atoms with Crippen molar-refractivity contribution in [3.05, 3.63) is 11.6 Å². The van der Waals surface area contributed by atoms with Crippen molar-refractivity contribution >= 4 is 5.97 Å². The van der Waals surface area contributed by atoms with Gasteiger partial charge in [-0.2, -0.15) is 0 Å². The molecule has 0 saturated carbocycles. The van der Waals surface area contributed by atoms with Crippen LogP contribution in [-0.2, 0) is 9.53 Å². The molecule has 0 fully saturated rings. The predicted molar refractivity (Wildman–Crippen MR) is 68.4 cm³/mol. The first-order valence-corrected chi connectivity index (χ1v) is 6.56. The second-order valence-electron chi connectivity index (χ2n) is 4.23. The lowest BCUT2D eigenvalue weighted by molar-refractivity contribution is -0.139. The maximum Gasteiger partial charge on any atom is 0.333 e. The summed E-state index contributed by atoms with van der Waals surface area (Å²) in [5.74, 6) is -0.146. The van der Waals surface area contributed by atoms with Crippen LogP contribution in [0.15, 0.2) is 11.6 Å². The van der Waals surface area contributed by atoms with E-state index in [9.17, 15) is 4.79 Å². The standard InChI is InChI=1S/C14H26O2/c1-4-6-8-10-12-16-14(15)13(3)11-9-7-5-2/h11H,4-10,12H2,1-3H3. The van der Waals surface area contributed by atoms with Crippen LogP contribution in [-0.4, -0.2) is 12.6 Å². The Morgan fingerprint density at radius 1 is 1.06 bits per heavy atom. The highest BCUT2D eigenvalue weighted by atomic mass is 16.5. The van der Waals surface area contributed by atoms with Gasteiger partial charge >= 0.3 is 5.97 Å². The Morgan fingerprint density at radius 3 is 2.38 bits per heavy atom. The highest BCUT2D eigenvalue weighted by Crippen LogP contribution is 2.04. The fraction of sp³-hybridized carbons (Fsp3) is 0.786. The van der Waals surface area contributed by atoms with Crippen molar-refractivity contribution in [3.8, 4) is 0 Å². The highest BCUT2D eigenvalue weighted by Gasteiger charge is 2.04. The second-order valence-corrected chi connectivity index (χ2v) is 4.23. The molecule has 94 valence electrons. The van der Waals surface area contributed by atoms with Gasteiger partial charge in [-0.3, -0.25) is 0 Å². The Morgan fingerprint density at radius 2 is 1.75 bits per heavy atom. The second kappa shape index (κ2) is 10.7. The number of allylic oxidation sites excluding steroid dienone is 1. The van der Waals surface area contributed by atoms with E-state index in [2.05, 4.69) is 13.8 Å². The van der Waals surface area contributed by atoms with Gasteiger partial charge in [0.2, 0.25) is 0 Å². The molecule has 0 aromatic rings. The van der Waals surface area contributed by atoms with Crippen LogP contribution in [0.2, 0.25) is 0 Å². The van der Waals surface area contributed by atoms with Crippen molar-refractivity contribution in [1.82, 2.24) is 0 Å². The van der Waals surface area contributed by atoms with Crippen molar-refractivity contribution in [1.29, 1.82) is 0 Å². The van der Waals surface area contributed by atoms with Crippen molar-refractivity contribution < 1.29 is 9.53 Å². The molecule has 0 amide bonds. The molecule has 0 bridgehead atoms. The number of unbranched alkanes of at least 4 members (excludes halogenated alkanes) is 5. The molecule has 0 radical (unpaired) electrons. The van der Waals surface area contributed by atoms with Gasteiger partial charge < -0.3 is 4.74 Å². The van der Waals surface area contributed by atoms with Gasteiger partial charge in [0, 0.05) is 5.57 Å². The van der Waals surface area contributed by atoms with Gasteiger partial charge in [0.15, 0.2) is 0 Å². The maximum atomic E-state index is 11.5. The lowest BCUT2D eigenvalue weighted by Gasteiger charge is -2.04. The SMILES string of the molecule is CCCCC=C(C)C(=O)OCCCCCC. The van der Waals surface area contributed by atoms with E-state index in [1.807, 2.05) is 13.0 Å². The number of carbonyl (C=O) groups is 1. The zero-order valence-corrected chi connectivity index (χ0v) is 11.1. The third-order valence-electron chi connectivity index (χ3n) is 2.56. The largest absolute Gasteiger partial charge is 0.462 e.